The number of fused-ring (bicyclic) bond motifs is 1. The number of ketones is 1. The third-order valence-electron chi connectivity index (χ3n) is 3.93. The van der Waals surface area contributed by atoms with Crippen LogP contribution in [0.15, 0.2) is 16.6 Å². The fourth-order valence-corrected chi connectivity index (χ4v) is 3.47. The van der Waals surface area contributed by atoms with Gasteiger partial charge in [-0.15, -0.1) is 0 Å². The molecule has 5 heteroatoms. The van der Waals surface area contributed by atoms with Gasteiger partial charge in [-0.25, -0.2) is 0 Å². The maximum absolute atomic E-state index is 12.5. The van der Waals surface area contributed by atoms with Crippen molar-refractivity contribution in [2.45, 2.75) is 32.3 Å². The number of amides is 1. The molecule has 0 bridgehead atoms. The Hall–Kier alpha value is -1.20. The van der Waals surface area contributed by atoms with Gasteiger partial charge in [-0.05, 0) is 37.0 Å². The summed E-state index contributed by atoms with van der Waals surface area (Å²) >= 11 is 3.47. The Kier molecular flexibility index (Phi) is 3.65. The lowest BCUT2D eigenvalue weighted by Crippen LogP contribution is -2.26. The topological polar surface area (TPSA) is 46.6 Å². The molecule has 1 unspecified atom stereocenters. The lowest BCUT2D eigenvalue weighted by Gasteiger charge is -2.17. The van der Waals surface area contributed by atoms with Crippen molar-refractivity contribution in [2.75, 3.05) is 18.1 Å². The van der Waals surface area contributed by atoms with E-state index in [-0.39, 0.29) is 17.8 Å². The smallest absolute Gasteiger partial charge is 0.223 e. The third kappa shape index (κ3) is 2.29. The second-order valence-electron chi connectivity index (χ2n) is 5.25. The highest BCUT2D eigenvalue weighted by atomic mass is 79.9. The highest BCUT2D eigenvalue weighted by molar-refractivity contribution is 9.10. The van der Waals surface area contributed by atoms with Crippen molar-refractivity contribution in [1.29, 1.82) is 0 Å². The lowest BCUT2D eigenvalue weighted by atomic mass is 10.0. The van der Waals surface area contributed by atoms with Crippen LogP contribution in [0.3, 0.4) is 0 Å². The second-order valence-corrected chi connectivity index (χ2v) is 6.10. The summed E-state index contributed by atoms with van der Waals surface area (Å²) in [6.07, 6.45) is 2.20. The van der Waals surface area contributed by atoms with E-state index in [4.69, 9.17) is 4.74 Å². The van der Waals surface area contributed by atoms with Crippen molar-refractivity contribution >= 4 is 33.3 Å². The maximum atomic E-state index is 12.5. The van der Waals surface area contributed by atoms with E-state index in [1.807, 2.05) is 12.1 Å². The summed E-state index contributed by atoms with van der Waals surface area (Å²) in [6.45, 7) is 2.89. The number of rotatable bonds is 2. The van der Waals surface area contributed by atoms with E-state index in [0.717, 1.165) is 35.0 Å². The average molecular weight is 338 g/mol. The molecule has 3 rings (SSSR count). The highest BCUT2D eigenvalue weighted by Crippen LogP contribution is 2.34. The van der Waals surface area contributed by atoms with Crippen LogP contribution >= 0.6 is 15.9 Å². The molecule has 1 saturated heterocycles. The Balaban J connectivity index is 1.98. The van der Waals surface area contributed by atoms with E-state index in [1.165, 1.54) is 0 Å². The quantitative estimate of drug-likeness (QED) is 0.779. The predicted molar refractivity (Wildman–Crippen MR) is 79.2 cm³/mol. The molecule has 20 heavy (non-hydrogen) atoms. The fraction of sp³-hybridized carbons (Fsp3) is 0.467. The molecule has 4 nitrogen and oxygen atoms in total. The summed E-state index contributed by atoms with van der Waals surface area (Å²) in [5.41, 5.74) is 2.59. The molecular weight excluding hydrogens is 322 g/mol. The standard InChI is InChI=1S/C15H16BrNO3/c1-9(18)17-5-4-10-7-12(16)11(8-13(10)17)15(19)14-3-2-6-20-14/h7-8,14H,2-6H2,1H3. The molecule has 0 N–H and O–H groups in total. The normalized spacial score (nSPS) is 21.1. The van der Waals surface area contributed by atoms with Crippen LogP contribution in [0.5, 0.6) is 0 Å². The molecule has 0 radical (unpaired) electrons. The minimum Gasteiger partial charge on any atom is -0.370 e. The van der Waals surface area contributed by atoms with E-state index < -0.39 is 0 Å². The highest BCUT2D eigenvalue weighted by Gasteiger charge is 2.29. The minimum atomic E-state index is -0.337. The number of hydrogen-bond donors (Lipinski definition) is 0. The Morgan fingerprint density at radius 3 is 2.85 bits per heavy atom. The third-order valence-corrected chi connectivity index (χ3v) is 4.59. The Morgan fingerprint density at radius 2 is 2.20 bits per heavy atom. The first-order chi connectivity index (χ1) is 9.58. The molecule has 2 heterocycles. The van der Waals surface area contributed by atoms with E-state index in [0.29, 0.717) is 18.7 Å². The molecule has 106 valence electrons. The van der Waals surface area contributed by atoms with Crippen molar-refractivity contribution in [3.05, 3.63) is 27.7 Å². The molecule has 1 atom stereocenters. The van der Waals surface area contributed by atoms with Gasteiger partial charge in [0.2, 0.25) is 5.91 Å². The van der Waals surface area contributed by atoms with Crippen LogP contribution in [0.25, 0.3) is 0 Å². The largest absolute Gasteiger partial charge is 0.370 e. The van der Waals surface area contributed by atoms with Crippen molar-refractivity contribution in [3.63, 3.8) is 0 Å². The van der Waals surface area contributed by atoms with Crippen LogP contribution in [0.1, 0.15) is 35.7 Å². The van der Waals surface area contributed by atoms with Gasteiger partial charge in [0.05, 0.1) is 0 Å². The Labute approximate surface area is 126 Å². The van der Waals surface area contributed by atoms with Gasteiger partial charge in [0.25, 0.3) is 0 Å². The molecule has 2 aliphatic heterocycles. The fourth-order valence-electron chi connectivity index (χ4n) is 2.88. The van der Waals surface area contributed by atoms with E-state index in [1.54, 1.807) is 11.8 Å². The van der Waals surface area contributed by atoms with E-state index >= 15 is 0 Å². The SMILES string of the molecule is CC(=O)N1CCc2cc(Br)c(C(=O)C3CCCO3)cc21. The lowest BCUT2D eigenvalue weighted by molar-refractivity contribution is -0.116. The van der Waals surface area contributed by atoms with Crippen LogP contribution < -0.4 is 4.90 Å². The summed E-state index contributed by atoms with van der Waals surface area (Å²) in [6, 6.07) is 3.79. The number of halogens is 1. The summed E-state index contributed by atoms with van der Waals surface area (Å²) in [5, 5.41) is 0. The minimum absolute atomic E-state index is 0.00702. The zero-order chi connectivity index (χ0) is 14.3. The molecule has 0 aromatic heterocycles. The van der Waals surface area contributed by atoms with E-state index in [9.17, 15) is 9.59 Å². The molecule has 0 spiro atoms. The van der Waals surface area contributed by atoms with Crippen LogP contribution in [-0.4, -0.2) is 30.9 Å². The average Bonchev–Trinajstić information content (AvgIpc) is 3.05. The number of benzene rings is 1. The summed E-state index contributed by atoms with van der Waals surface area (Å²) in [5.74, 6) is 0.0224. The predicted octanol–water partition coefficient (Wildman–Crippen LogP) is 2.72. The first-order valence-corrected chi connectivity index (χ1v) is 7.63. The first-order valence-electron chi connectivity index (χ1n) is 6.84. The van der Waals surface area contributed by atoms with Crippen LogP contribution in [0.4, 0.5) is 5.69 Å². The summed E-state index contributed by atoms with van der Waals surface area (Å²) in [7, 11) is 0. The van der Waals surface area contributed by atoms with Crippen molar-refractivity contribution < 1.29 is 14.3 Å². The molecule has 0 saturated carbocycles. The number of nitrogens with zero attached hydrogens (tertiary/aromatic N) is 1. The van der Waals surface area contributed by atoms with Gasteiger partial charge >= 0.3 is 0 Å². The van der Waals surface area contributed by atoms with Gasteiger partial charge in [0.1, 0.15) is 6.10 Å². The summed E-state index contributed by atoms with van der Waals surface area (Å²) in [4.78, 5) is 25.9. The first kappa shape index (κ1) is 13.8. The van der Waals surface area contributed by atoms with Crippen LogP contribution in [-0.2, 0) is 16.0 Å². The van der Waals surface area contributed by atoms with Gasteiger partial charge < -0.3 is 9.64 Å². The van der Waals surface area contributed by atoms with Crippen LogP contribution in [0, 0.1) is 0 Å². The number of hydrogen-bond acceptors (Lipinski definition) is 3. The van der Waals surface area contributed by atoms with Crippen LogP contribution in [0.2, 0.25) is 0 Å². The van der Waals surface area contributed by atoms with Gasteiger partial charge in [-0.2, -0.15) is 0 Å². The molecular formula is C15H16BrNO3. The second kappa shape index (κ2) is 5.30. The van der Waals surface area contributed by atoms with Crippen molar-refractivity contribution in [1.82, 2.24) is 0 Å². The zero-order valence-electron chi connectivity index (χ0n) is 11.3. The molecule has 0 aliphatic carbocycles. The maximum Gasteiger partial charge on any atom is 0.223 e. The molecule has 1 aromatic carbocycles. The zero-order valence-corrected chi connectivity index (χ0v) is 12.9. The summed E-state index contributed by atoms with van der Waals surface area (Å²) < 4.78 is 6.26. The van der Waals surface area contributed by atoms with E-state index in [2.05, 4.69) is 15.9 Å². The number of carbonyl (C=O) groups is 2. The van der Waals surface area contributed by atoms with Gasteiger partial charge in [0.15, 0.2) is 5.78 Å². The number of anilines is 1. The van der Waals surface area contributed by atoms with Crippen molar-refractivity contribution in [3.8, 4) is 0 Å². The molecule has 1 fully saturated rings. The number of Topliss-reactive ketones (excluding diaryl/α,β-unsaturated/α-hetero) is 1. The van der Waals surface area contributed by atoms with Crippen molar-refractivity contribution in [2.24, 2.45) is 0 Å². The van der Waals surface area contributed by atoms with Gasteiger partial charge in [-0.1, -0.05) is 15.9 Å². The number of carbonyl (C=O) groups excluding carboxylic acids is 2. The Bertz CT molecular complexity index is 579. The van der Waals surface area contributed by atoms with Gasteiger partial charge in [0, 0.05) is 35.8 Å². The molecule has 2 aliphatic rings. The van der Waals surface area contributed by atoms with Gasteiger partial charge in [-0.3, -0.25) is 9.59 Å². The Morgan fingerprint density at radius 1 is 1.40 bits per heavy atom. The number of ether oxygens (including phenoxy) is 1. The molecule has 1 aromatic rings. The molecule has 1 amide bonds. The monoisotopic (exact) mass is 337 g/mol.